The van der Waals surface area contributed by atoms with Crippen LogP contribution in [0.5, 0.6) is 0 Å². The van der Waals surface area contributed by atoms with Crippen molar-refractivity contribution in [1.29, 1.82) is 0 Å². The first-order chi connectivity index (χ1) is 21.6. The van der Waals surface area contributed by atoms with E-state index >= 15 is 0 Å². The van der Waals surface area contributed by atoms with E-state index in [1.54, 1.807) is 18.2 Å². The smallest absolute Gasteiger partial charge is 0.341 e. The highest BCUT2D eigenvalue weighted by atomic mass is 32.2. The van der Waals surface area contributed by atoms with Gasteiger partial charge >= 0.3 is 16.1 Å². The topological polar surface area (TPSA) is 60.4 Å². The molecule has 1 rings (SSSR count). The van der Waals surface area contributed by atoms with Gasteiger partial charge in [0.1, 0.15) is 4.90 Å². The summed E-state index contributed by atoms with van der Waals surface area (Å²) in [7, 11) is -3.99. The molecule has 0 aromatic heterocycles. The van der Waals surface area contributed by atoms with Crippen LogP contribution in [0, 0.1) is 0 Å². The molecule has 0 saturated heterocycles. The van der Waals surface area contributed by atoms with Gasteiger partial charge < -0.3 is 4.18 Å². The van der Waals surface area contributed by atoms with E-state index in [1.165, 1.54) is 185 Å². The lowest BCUT2D eigenvalue weighted by molar-refractivity contribution is -0.133. The Balaban J connectivity index is 1.71. The van der Waals surface area contributed by atoms with Gasteiger partial charge in [-0.3, -0.25) is 4.79 Å². The molecule has 256 valence electrons. The van der Waals surface area contributed by atoms with Crippen LogP contribution in [0.15, 0.2) is 35.2 Å². The lowest BCUT2D eigenvalue weighted by atomic mass is 10.0. The Bertz CT molecular complexity index is 852. The minimum absolute atomic E-state index is 0.0223. The molecule has 0 aliphatic heterocycles. The molecule has 0 N–H and O–H groups in total. The zero-order valence-corrected chi connectivity index (χ0v) is 29.7. The molecular weight excluding hydrogens is 564 g/mol. The van der Waals surface area contributed by atoms with Gasteiger partial charge in [0.15, 0.2) is 0 Å². The maximum atomic E-state index is 12.1. The fraction of sp³-hybridized carbons (Fsp3) is 0.821. The van der Waals surface area contributed by atoms with Crippen LogP contribution in [0.25, 0.3) is 0 Å². The van der Waals surface area contributed by atoms with Crippen molar-refractivity contribution < 1.29 is 17.4 Å². The summed E-state index contributed by atoms with van der Waals surface area (Å²) in [5.41, 5.74) is 0. The number of hydrogen-bond donors (Lipinski definition) is 0. The van der Waals surface area contributed by atoms with E-state index in [2.05, 4.69) is 6.92 Å². The van der Waals surface area contributed by atoms with Crippen molar-refractivity contribution in [1.82, 2.24) is 0 Å². The summed E-state index contributed by atoms with van der Waals surface area (Å²) in [6.07, 6.45) is 41.0. The zero-order chi connectivity index (χ0) is 31.8. The minimum atomic E-state index is -3.99. The summed E-state index contributed by atoms with van der Waals surface area (Å²) in [5.74, 6) is -0.658. The van der Waals surface area contributed by atoms with E-state index in [9.17, 15) is 13.2 Å². The molecule has 0 aliphatic carbocycles. The quantitative estimate of drug-likeness (QED) is 0.0570. The Morgan fingerprint density at radius 3 is 1.02 bits per heavy atom. The van der Waals surface area contributed by atoms with Gasteiger partial charge in [-0.2, -0.15) is 8.42 Å². The normalized spacial score (nSPS) is 11.7. The van der Waals surface area contributed by atoms with E-state index in [0.29, 0.717) is 6.42 Å². The lowest BCUT2D eigenvalue weighted by Crippen LogP contribution is -2.13. The van der Waals surface area contributed by atoms with Gasteiger partial charge in [0.2, 0.25) is 0 Å². The van der Waals surface area contributed by atoms with Crippen molar-refractivity contribution in [2.24, 2.45) is 0 Å². The second-order valence-corrected chi connectivity index (χ2v) is 14.8. The van der Waals surface area contributed by atoms with E-state index in [-0.39, 0.29) is 11.3 Å². The molecule has 0 amide bonds. The number of carbonyl (C=O) groups is 1. The van der Waals surface area contributed by atoms with Crippen molar-refractivity contribution in [3.05, 3.63) is 30.3 Å². The molecule has 0 unspecified atom stereocenters. The molecule has 44 heavy (non-hydrogen) atoms. The highest BCUT2D eigenvalue weighted by molar-refractivity contribution is 7.87. The van der Waals surface area contributed by atoms with Gasteiger partial charge in [-0.25, -0.2) is 0 Å². The summed E-state index contributed by atoms with van der Waals surface area (Å²) in [4.78, 5) is 11.9. The van der Waals surface area contributed by atoms with Gasteiger partial charge in [-0.05, 0) is 18.6 Å². The molecule has 0 atom stereocenters. The Labute approximate surface area is 274 Å². The SMILES string of the molecule is CCCCCCCCCCCCCCCCCCCCCCCCCCCCCCCCC(=O)OS(=O)(=O)c1ccccc1. The van der Waals surface area contributed by atoms with Crippen LogP contribution in [-0.2, 0) is 19.1 Å². The third-order valence-corrected chi connectivity index (χ3v) is 10.2. The number of unbranched alkanes of at least 4 members (excludes halogenated alkanes) is 29. The summed E-state index contributed by atoms with van der Waals surface area (Å²) in [5, 5.41) is 0. The first-order valence-corrected chi connectivity index (χ1v) is 20.5. The number of hydrogen-bond acceptors (Lipinski definition) is 4. The zero-order valence-electron chi connectivity index (χ0n) is 28.8. The maximum Gasteiger partial charge on any atom is 0.341 e. The number of carbonyl (C=O) groups excluding carboxylic acids is 1. The van der Waals surface area contributed by atoms with Crippen LogP contribution in [-0.4, -0.2) is 14.4 Å². The molecule has 1 aromatic rings. The largest absolute Gasteiger partial charge is 0.342 e. The molecule has 4 nitrogen and oxygen atoms in total. The van der Waals surface area contributed by atoms with Gasteiger partial charge in [0.25, 0.3) is 0 Å². The second-order valence-electron chi connectivity index (χ2n) is 13.2. The van der Waals surface area contributed by atoms with Crippen molar-refractivity contribution in [2.75, 3.05) is 0 Å². The van der Waals surface area contributed by atoms with Gasteiger partial charge in [0, 0.05) is 6.42 Å². The van der Waals surface area contributed by atoms with Gasteiger partial charge in [-0.15, -0.1) is 0 Å². The second kappa shape index (κ2) is 30.3. The molecule has 0 fully saturated rings. The van der Waals surface area contributed by atoms with Crippen molar-refractivity contribution in [3.8, 4) is 0 Å². The lowest BCUT2D eigenvalue weighted by Gasteiger charge is -2.06. The molecule has 5 heteroatoms. The van der Waals surface area contributed by atoms with Crippen molar-refractivity contribution in [2.45, 2.75) is 211 Å². The molecular formula is C39H70O4S. The molecule has 0 aliphatic rings. The van der Waals surface area contributed by atoms with Crippen LogP contribution in [0.2, 0.25) is 0 Å². The molecule has 1 aromatic carbocycles. The Kier molecular flexibility index (Phi) is 28.0. The van der Waals surface area contributed by atoms with Crippen molar-refractivity contribution >= 4 is 16.1 Å². The first kappa shape index (κ1) is 40.7. The first-order valence-electron chi connectivity index (χ1n) is 19.1. The van der Waals surface area contributed by atoms with Crippen LogP contribution < -0.4 is 0 Å². The molecule has 0 spiro atoms. The predicted molar refractivity (Wildman–Crippen MR) is 189 cm³/mol. The van der Waals surface area contributed by atoms with Crippen LogP contribution in [0.3, 0.4) is 0 Å². The Hall–Kier alpha value is -1.36. The van der Waals surface area contributed by atoms with Gasteiger partial charge in [-0.1, -0.05) is 211 Å². The third-order valence-electron chi connectivity index (χ3n) is 8.97. The fourth-order valence-electron chi connectivity index (χ4n) is 6.09. The highest BCUT2D eigenvalue weighted by Gasteiger charge is 2.19. The molecule has 0 radical (unpaired) electrons. The molecule has 0 saturated carbocycles. The molecule has 0 heterocycles. The minimum Gasteiger partial charge on any atom is -0.342 e. The van der Waals surface area contributed by atoms with E-state index < -0.39 is 16.1 Å². The fourth-order valence-corrected chi connectivity index (χ4v) is 7.01. The Morgan fingerprint density at radius 1 is 0.455 bits per heavy atom. The third kappa shape index (κ3) is 25.9. The summed E-state index contributed by atoms with van der Waals surface area (Å²) in [6, 6.07) is 7.83. The van der Waals surface area contributed by atoms with Crippen molar-refractivity contribution in [3.63, 3.8) is 0 Å². The highest BCUT2D eigenvalue weighted by Crippen LogP contribution is 2.17. The van der Waals surface area contributed by atoms with Gasteiger partial charge in [0.05, 0.1) is 0 Å². The van der Waals surface area contributed by atoms with E-state index in [4.69, 9.17) is 4.18 Å². The number of benzene rings is 1. The number of rotatable bonds is 33. The predicted octanol–water partition coefficient (Wildman–Crippen LogP) is 13.0. The maximum absolute atomic E-state index is 12.1. The Morgan fingerprint density at radius 2 is 0.727 bits per heavy atom. The average molecular weight is 635 g/mol. The average Bonchev–Trinajstić information content (AvgIpc) is 3.02. The monoisotopic (exact) mass is 634 g/mol. The van der Waals surface area contributed by atoms with Crippen LogP contribution >= 0.6 is 0 Å². The van der Waals surface area contributed by atoms with E-state index in [1.807, 2.05) is 0 Å². The standard InChI is InChI=1S/C39H70O4S/c1-2-3-4-5-6-7-8-9-10-11-12-13-14-15-16-17-18-19-20-21-22-23-24-25-26-27-28-29-30-34-37-39(40)43-44(41,42)38-35-32-31-33-36-38/h31-33,35-36H,2-30,34,37H2,1H3. The summed E-state index contributed by atoms with van der Waals surface area (Å²) >= 11 is 0. The van der Waals surface area contributed by atoms with Crippen LogP contribution in [0.4, 0.5) is 0 Å². The molecule has 0 bridgehead atoms. The summed E-state index contributed by atoms with van der Waals surface area (Å²) in [6.45, 7) is 2.30. The van der Waals surface area contributed by atoms with E-state index in [0.717, 1.165) is 12.8 Å². The van der Waals surface area contributed by atoms with Crippen LogP contribution in [0.1, 0.15) is 206 Å². The summed E-state index contributed by atoms with van der Waals surface area (Å²) < 4.78 is 28.9.